The topological polar surface area (TPSA) is 197 Å². The van der Waals surface area contributed by atoms with Crippen molar-refractivity contribution in [3.63, 3.8) is 0 Å². The Morgan fingerprint density at radius 3 is 2.00 bits per heavy atom. The number of thiol groups is 1. The van der Waals surface area contributed by atoms with Gasteiger partial charge in [-0.05, 0) is 62.3 Å². The van der Waals surface area contributed by atoms with Gasteiger partial charge in [0.25, 0.3) is 0 Å². The molecule has 3 amide bonds. The second-order valence-corrected chi connectivity index (χ2v) is 9.46. The molecule has 12 heteroatoms. The lowest BCUT2D eigenvalue weighted by Gasteiger charge is -2.26. The van der Waals surface area contributed by atoms with Crippen molar-refractivity contribution in [3.05, 3.63) is 29.8 Å². The Hall–Kier alpha value is -2.83. The molecule has 36 heavy (non-hydrogen) atoms. The Morgan fingerprint density at radius 2 is 1.47 bits per heavy atom. The average Bonchev–Trinajstić information content (AvgIpc) is 2.82. The molecule has 0 aliphatic carbocycles. The van der Waals surface area contributed by atoms with E-state index in [1.54, 1.807) is 12.1 Å². The molecular formula is C24H39N5O6S. The highest BCUT2D eigenvalue weighted by Gasteiger charge is 2.30. The van der Waals surface area contributed by atoms with Crippen molar-refractivity contribution in [3.8, 4) is 5.75 Å². The highest BCUT2D eigenvalue weighted by molar-refractivity contribution is 7.80. The van der Waals surface area contributed by atoms with Crippen LogP contribution in [0.25, 0.3) is 0 Å². The van der Waals surface area contributed by atoms with Crippen LogP contribution < -0.4 is 27.4 Å². The molecule has 1 aromatic rings. The van der Waals surface area contributed by atoms with Crippen molar-refractivity contribution < 1.29 is 29.4 Å². The molecule has 0 spiro atoms. The second-order valence-electron chi connectivity index (χ2n) is 9.10. The van der Waals surface area contributed by atoms with Gasteiger partial charge in [0.2, 0.25) is 17.7 Å². The molecule has 0 bridgehead atoms. The monoisotopic (exact) mass is 525 g/mol. The summed E-state index contributed by atoms with van der Waals surface area (Å²) >= 11 is 3.95. The van der Waals surface area contributed by atoms with Crippen LogP contribution >= 0.6 is 12.6 Å². The van der Waals surface area contributed by atoms with E-state index < -0.39 is 47.9 Å². The van der Waals surface area contributed by atoms with Gasteiger partial charge in [0.1, 0.15) is 23.9 Å². The van der Waals surface area contributed by atoms with Crippen LogP contribution in [0.4, 0.5) is 0 Å². The molecular weight excluding hydrogens is 486 g/mol. The van der Waals surface area contributed by atoms with Gasteiger partial charge in [-0.25, -0.2) is 4.79 Å². The molecule has 0 radical (unpaired) electrons. The summed E-state index contributed by atoms with van der Waals surface area (Å²) < 4.78 is 0. The zero-order chi connectivity index (χ0) is 27.3. The molecule has 11 nitrogen and oxygen atoms in total. The Balaban J connectivity index is 2.94. The maximum Gasteiger partial charge on any atom is 0.327 e. The third kappa shape index (κ3) is 11.3. The number of unbranched alkanes of at least 4 members (excludes halogenated alkanes) is 1. The Kier molecular flexibility index (Phi) is 13.9. The first-order valence-corrected chi connectivity index (χ1v) is 12.6. The number of phenols is 1. The van der Waals surface area contributed by atoms with E-state index in [9.17, 15) is 29.4 Å². The van der Waals surface area contributed by atoms with Gasteiger partial charge in [0.15, 0.2) is 0 Å². The number of benzene rings is 1. The second kappa shape index (κ2) is 16.0. The van der Waals surface area contributed by atoms with Gasteiger partial charge < -0.3 is 37.6 Å². The molecule has 9 N–H and O–H groups in total. The van der Waals surface area contributed by atoms with Crippen LogP contribution in [0.3, 0.4) is 0 Å². The van der Waals surface area contributed by atoms with Crippen LogP contribution in [0.15, 0.2) is 24.3 Å². The van der Waals surface area contributed by atoms with Crippen molar-refractivity contribution in [1.82, 2.24) is 16.0 Å². The van der Waals surface area contributed by atoms with Gasteiger partial charge in [-0.1, -0.05) is 26.0 Å². The number of aliphatic carboxylic acids is 1. The van der Waals surface area contributed by atoms with Gasteiger partial charge in [0.05, 0.1) is 6.04 Å². The fraction of sp³-hybridized carbons (Fsp3) is 0.583. The predicted molar refractivity (Wildman–Crippen MR) is 139 cm³/mol. The van der Waals surface area contributed by atoms with Crippen LogP contribution in [0, 0.1) is 5.92 Å². The predicted octanol–water partition coefficient (Wildman–Crippen LogP) is -0.0941. The zero-order valence-corrected chi connectivity index (χ0v) is 21.7. The van der Waals surface area contributed by atoms with Gasteiger partial charge in [-0.2, -0.15) is 12.6 Å². The maximum atomic E-state index is 13.1. The van der Waals surface area contributed by atoms with Crippen molar-refractivity contribution in [1.29, 1.82) is 0 Å². The fourth-order valence-electron chi connectivity index (χ4n) is 3.45. The van der Waals surface area contributed by atoms with Crippen molar-refractivity contribution in [2.24, 2.45) is 17.4 Å². The summed E-state index contributed by atoms with van der Waals surface area (Å²) in [7, 11) is 0. The summed E-state index contributed by atoms with van der Waals surface area (Å²) in [6, 6.07) is 2.18. The molecule has 1 aromatic carbocycles. The average molecular weight is 526 g/mol. The quantitative estimate of drug-likeness (QED) is 0.108. The summed E-state index contributed by atoms with van der Waals surface area (Å²) in [5.41, 5.74) is 12.4. The summed E-state index contributed by atoms with van der Waals surface area (Å²) in [5, 5.41) is 26.3. The van der Waals surface area contributed by atoms with Gasteiger partial charge in [-0.3, -0.25) is 14.4 Å². The number of nitrogens with two attached hydrogens (primary N) is 2. The number of hydrogen-bond acceptors (Lipinski definition) is 8. The Labute approximate surface area is 217 Å². The lowest BCUT2D eigenvalue weighted by molar-refractivity contribution is -0.141. The largest absolute Gasteiger partial charge is 0.508 e. The van der Waals surface area contributed by atoms with E-state index in [1.807, 2.05) is 13.8 Å². The molecule has 1 rings (SSSR count). The standard InChI is InChI=1S/C24H39N5O6S/c1-14(2)11-19(23(33)29-20(13-36)24(34)35)28-22(32)18(5-3-4-10-25)27-21(31)17(26)12-15-6-8-16(30)9-7-15/h6-9,14,17-20,30,36H,3-5,10-13,25-26H2,1-2H3,(H,27,31)(H,28,32)(H,29,33)(H,34,35). The minimum atomic E-state index is -1.23. The van der Waals surface area contributed by atoms with E-state index in [1.165, 1.54) is 12.1 Å². The fourth-order valence-corrected chi connectivity index (χ4v) is 3.70. The number of carbonyl (C=O) groups excluding carboxylic acids is 3. The van der Waals surface area contributed by atoms with E-state index in [-0.39, 0.29) is 36.7 Å². The highest BCUT2D eigenvalue weighted by Crippen LogP contribution is 2.12. The van der Waals surface area contributed by atoms with Crippen molar-refractivity contribution in [2.45, 2.75) is 70.1 Å². The maximum absolute atomic E-state index is 13.1. The molecule has 4 atom stereocenters. The lowest BCUT2D eigenvalue weighted by atomic mass is 10.0. The highest BCUT2D eigenvalue weighted by atomic mass is 32.1. The smallest absolute Gasteiger partial charge is 0.327 e. The van der Waals surface area contributed by atoms with Crippen LogP contribution in [0.1, 0.15) is 45.1 Å². The van der Waals surface area contributed by atoms with Crippen LogP contribution in [-0.2, 0) is 25.6 Å². The molecule has 0 aromatic heterocycles. The third-order valence-corrected chi connectivity index (χ3v) is 5.81. The number of hydrogen-bond donors (Lipinski definition) is 8. The molecule has 0 aliphatic heterocycles. The van der Waals surface area contributed by atoms with Gasteiger partial charge >= 0.3 is 5.97 Å². The van der Waals surface area contributed by atoms with Crippen LogP contribution in [0.2, 0.25) is 0 Å². The Bertz CT molecular complexity index is 867. The zero-order valence-electron chi connectivity index (χ0n) is 20.8. The van der Waals surface area contributed by atoms with E-state index in [2.05, 4.69) is 28.6 Å². The van der Waals surface area contributed by atoms with Crippen molar-refractivity contribution >= 4 is 36.3 Å². The number of phenolic OH excluding ortho intramolecular Hbond substituents is 1. The minimum Gasteiger partial charge on any atom is -0.508 e. The van der Waals surface area contributed by atoms with E-state index >= 15 is 0 Å². The summed E-state index contributed by atoms with van der Waals surface area (Å²) in [5.74, 6) is -2.99. The summed E-state index contributed by atoms with van der Waals surface area (Å²) in [6.07, 6.45) is 1.94. The number of carboxylic acids is 1. The number of rotatable bonds is 16. The number of carboxylic acid groups (broad SMARTS) is 1. The molecule has 0 aliphatic rings. The first kappa shape index (κ1) is 31.2. The summed E-state index contributed by atoms with van der Waals surface area (Å²) in [6.45, 7) is 4.15. The summed E-state index contributed by atoms with van der Waals surface area (Å²) in [4.78, 5) is 50.0. The lowest BCUT2D eigenvalue weighted by Crippen LogP contribution is -2.57. The first-order chi connectivity index (χ1) is 17.0. The normalized spacial score (nSPS) is 14.4. The SMILES string of the molecule is CC(C)CC(NC(=O)C(CCCCN)NC(=O)C(N)Cc1ccc(O)cc1)C(=O)NC(CS)C(=O)O. The number of carbonyl (C=O) groups is 4. The van der Waals surface area contributed by atoms with E-state index in [4.69, 9.17) is 11.5 Å². The molecule has 0 saturated heterocycles. The van der Waals surface area contributed by atoms with E-state index in [0.29, 0.717) is 19.4 Å². The molecule has 202 valence electrons. The minimum absolute atomic E-state index is 0.0179. The number of aromatic hydroxyl groups is 1. The van der Waals surface area contributed by atoms with Crippen LogP contribution in [-0.4, -0.2) is 70.4 Å². The molecule has 0 fully saturated rings. The van der Waals surface area contributed by atoms with E-state index in [0.717, 1.165) is 5.56 Å². The number of nitrogens with one attached hydrogen (secondary N) is 3. The Morgan fingerprint density at radius 1 is 0.917 bits per heavy atom. The van der Waals surface area contributed by atoms with Crippen molar-refractivity contribution in [2.75, 3.05) is 12.3 Å². The number of amides is 3. The molecule has 4 unspecified atom stereocenters. The van der Waals surface area contributed by atoms with Gasteiger partial charge in [0, 0.05) is 5.75 Å². The molecule has 0 heterocycles. The van der Waals surface area contributed by atoms with Crippen LogP contribution in [0.5, 0.6) is 5.75 Å². The third-order valence-electron chi connectivity index (χ3n) is 5.45. The van der Waals surface area contributed by atoms with Gasteiger partial charge in [-0.15, -0.1) is 0 Å². The molecule has 0 saturated carbocycles. The first-order valence-electron chi connectivity index (χ1n) is 12.0.